The lowest BCUT2D eigenvalue weighted by molar-refractivity contribution is 0.0951. The number of nitrogens with zero attached hydrogens (tertiary/aromatic N) is 1. The molecule has 0 fully saturated rings. The average molecular weight is 449 g/mol. The van der Waals surface area contributed by atoms with Crippen LogP contribution in [0.3, 0.4) is 0 Å². The van der Waals surface area contributed by atoms with Gasteiger partial charge in [-0.1, -0.05) is 48.5 Å². The number of hydrogen-bond acceptors (Lipinski definition) is 2. The highest BCUT2D eigenvalue weighted by Crippen LogP contribution is 2.30. The quantitative estimate of drug-likeness (QED) is 0.429. The van der Waals surface area contributed by atoms with Gasteiger partial charge in [0.1, 0.15) is 5.75 Å². The number of aromatic hydroxyl groups is 1. The lowest BCUT2D eigenvalue weighted by atomic mass is 10.0. The molecular weight excluding hydrogens is 428 g/mol. The molecule has 0 unspecified atom stereocenters. The van der Waals surface area contributed by atoms with Crippen LogP contribution >= 0.6 is 15.9 Å². The molecule has 0 atom stereocenters. The maximum Gasteiger partial charge on any atom is 0.254 e. The largest absolute Gasteiger partial charge is 0.507 e. The Balaban J connectivity index is 1.50. The normalized spacial score (nSPS) is 11.0. The van der Waals surface area contributed by atoms with Crippen LogP contribution in [-0.4, -0.2) is 15.6 Å². The van der Waals surface area contributed by atoms with Gasteiger partial charge < -0.3 is 15.0 Å². The molecule has 0 saturated heterocycles. The molecule has 29 heavy (non-hydrogen) atoms. The Morgan fingerprint density at radius 2 is 1.72 bits per heavy atom. The number of para-hydroxylation sites is 1. The van der Waals surface area contributed by atoms with E-state index in [9.17, 15) is 9.90 Å². The van der Waals surface area contributed by atoms with Crippen LogP contribution in [0.2, 0.25) is 0 Å². The van der Waals surface area contributed by atoms with Crippen molar-refractivity contribution >= 4 is 32.7 Å². The molecule has 4 nitrogen and oxygen atoms in total. The molecule has 1 aromatic heterocycles. The third-order valence-corrected chi connectivity index (χ3v) is 5.95. The van der Waals surface area contributed by atoms with Crippen molar-refractivity contribution < 1.29 is 9.90 Å². The summed E-state index contributed by atoms with van der Waals surface area (Å²) in [6, 6.07) is 21.4. The summed E-state index contributed by atoms with van der Waals surface area (Å²) in [6.45, 7) is 2.43. The van der Waals surface area contributed by atoms with Crippen LogP contribution in [0.15, 0.2) is 71.2 Å². The van der Waals surface area contributed by atoms with Crippen LogP contribution in [0.1, 0.15) is 21.6 Å². The molecule has 1 heterocycles. The fourth-order valence-electron chi connectivity index (χ4n) is 3.58. The van der Waals surface area contributed by atoms with E-state index in [0.29, 0.717) is 11.0 Å². The summed E-state index contributed by atoms with van der Waals surface area (Å²) in [6.07, 6.45) is 0. The molecule has 3 aromatic carbocycles. The summed E-state index contributed by atoms with van der Waals surface area (Å²) in [5.41, 5.74) is 5.82. The third-order valence-electron chi connectivity index (χ3n) is 5.31. The zero-order valence-electron chi connectivity index (χ0n) is 16.2. The van der Waals surface area contributed by atoms with E-state index < -0.39 is 0 Å². The maximum atomic E-state index is 12.9. The Hall–Kier alpha value is -3.05. The topological polar surface area (TPSA) is 54.3 Å². The fraction of sp³-hybridized carbons (Fsp3) is 0.125. The summed E-state index contributed by atoms with van der Waals surface area (Å²) < 4.78 is 2.71. The molecule has 2 N–H and O–H groups in total. The van der Waals surface area contributed by atoms with Gasteiger partial charge in [-0.05, 0) is 57.7 Å². The maximum absolute atomic E-state index is 12.9. The van der Waals surface area contributed by atoms with E-state index in [0.717, 1.165) is 38.9 Å². The molecule has 1 amide bonds. The number of benzene rings is 3. The van der Waals surface area contributed by atoms with E-state index in [1.165, 1.54) is 0 Å². The van der Waals surface area contributed by atoms with Crippen molar-refractivity contribution in [2.24, 2.45) is 7.05 Å². The highest BCUT2D eigenvalue weighted by atomic mass is 79.9. The smallest absolute Gasteiger partial charge is 0.254 e. The van der Waals surface area contributed by atoms with Crippen LogP contribution < -0.4 is 5.32 Å². The Morgan fingerprint density at radius 3 is 2.45 bits per heavy atom. The van der Waals surface area contributed by atoms with Gasteiger partial charge in [0.2, 0.25) is 0 Å². The van der Waals surface area contributed by atoms with Crippen molar-refractivity contribution in [1.82, 2.24) is 9.88 Å². The fourth-order valence-corrected chi connectivity index (χ4v) is 3.96. The molecule has 0 radical (unpaired) electrons. The Kier molecular flexibility index (Phi) is 5.16. The number of fused-ring (bicyclic) bond motifs is 1. The molecule has 0 spiro atoms. The highest BCUT2D eigenvalue weighted by molar-refractivity contribution is 9.10. The van der Waals surface area contributed by atoms with E-state index in [1.54, 1.807) is 6.07 Å². The number of phenolic OH excluding ortho intramolecular Hbond substituents is 1. The molecule has 4 rings (SSSR count). The second-order valence-corrected chi connectivity index (χ2v) is 7.94. The van der Waals surface area contributed by atoms with E-state index in [1.807, 2.05) is 74.6 Å². The standard InChI is InChI=1S/C24H21BrN2O2/c1-15-23(19-5-3-4-6-21(19)27(15)2)24(29)26-14-16-7-9-17(10-8-16)18-11-12-22(28)20(25)13-18/h3-13,28H,14H2,1-2H3,(H,26,29). The molecular formula is C24H21BrN2O2. The predicted molar refractivity (Wildman–Crippen MR) is 120 cm³/mol. The van der Waals surface area contributed by atoms with Gasteiger partial charge >= 0.3 is 0 Å². The number of aryl methyl sites for hydroxylation is 1. The summed E-state index contributed by atoms with van der Waals surface area (Å²) in [4.78, 5) is 12.9. The number of amides is 1. The zero-order valence-corrected chi connectivity index (χ0v) is 17.8. The Morgan fingerprint density at radius 1 is 1.03 bits per heavy atom. The van der Waals surface area contributed by atoms with E-state index in [4.69, 9.17) is 0 Å². The summed E-state index contributed by atoms with van der Waals surface area (Å²) in [5.74, 6) is 0.155. The first-order valence-corrected chi connectivity index (χ1v) is 10.1. The first-order chi connectivity index (χ1) is 14.0. The van der Waals surface area contributed by atoms with Crippen molar-refractivity contribution in [2.45, 2.75) is 13.5 Å². The first-order valence-electron chi connectivity index (χ1n) is 9.35. The van der Waals surface area contributed by atoms with Gasteiger partial charge in [0.05, 0.1) is 10.0 Å². The lowest BCUT2D eigenvalue weighted by Gasteiger charge is -2.08. The second kappa shape index (κ2) is 7.76. The van der Waals surface area contributed by atoms with Gasteiger partial charge in [-0.15, -0.1) is 0 Å². The third kappa shape index (κ3) is 3.66. The van der Waals surface area contributed by atoms with Crippen LogP contribution in [0.4, 0.5) is 0 Å². The summed E-state index contributed by atoms with van der Waals surface area (Å²) in [5, 5.41) is 13.7. The average Bonchev–Trinajstić information content (AvgIpc) is 2.99. The van der Waals surface area contributed by atoms with Gasteiger partial charge in [-0.25, -0.2) is 0 Å². The minimum absolute atomic E-state index is 0.0640. The number of carbonyl (C=O) groups excluding carboxylic acids is 1. The number of halogens is 1. The molecule has 4 aromatic rings. The van der Waals surface area contributed by atoms with E-state index in [-0.39, 0.29) is 11.7 Å². The van der Waals surface area contributed by atoms with Crippen molar-refractivity contribution in [2.75, 3.05) is 0 Å². The van der Waals surface area contributed by atoms with E-state index >= 15 is 0 Å². The Bertz CT molecular complexity index is 1210. The van der Waals surface area contributed by atoms with Gasteiger partial charge in [0, 0.05) is 30.2 Å². The minimum atomic E-state index is -0.0640. The van der Waals surface area contributed by atoms with Crippen molar-refractivity contribution in [3.05, 3.63) is 88.0 Å². The van der Waals surface area contributed by atoms with Crippen LogP contribution in [0.25, 0.3) is 22.0 Å². The second-order valence-electron chi connectivity index (χ2n) is 7.08. The molecule has 0 bridgehead atoms. The summed E-state index contributed by atoms with van der Waals surface area (Å²) in [7, 11) is 1.98. The Labute approximate surface area is 177 Å². The number of hydrogen-bond donors (Lipinski definition) is 2. The number of rotatable bonds is 4. The molecule has 146 valence electrons. The van der Waals surface area contributed by atoms with Crippen molar-refractivity contribution in [3.8, 4) is 16.9 Å². The molecule has 5 heteroatoms. The van der Waals surface area contributed by atoms with Gasteiger partial charge in [-0.2, -0.15) is 0 Å². The lowest BCUT2D eigenvalue weighted by Crippen LogP contribution is -2.23. The summed E-state index contributed by atoms with van der Waals surface area (Å²) >= 11 is 3.35. The molecule has 0 aliphatic rings. The van der Waals surface area contributed by atoms with Crippen LogP contribution in [0, 0.1) is 6.92 Å². The van der Waals surface area contributed by atoms with Crippen LogP contribution in [-0.2, 0) is 13.6 Å². The van der Waals surface area contributed by atoms with Crippen molar-refractivity contribution in [3.63, 3.8) is 0 Å². The first kappa shape index (κ1) is 19.3. The zero-order chi connectivity index (χ0) is 20.5. The minimum Gasteiger partial charge on any atom is -0.507 e. The van der Waals surface area contributed by atoms with Crippen molar-refractivity contribution in [1.29, 1.82) is 0 Å². The number of aromatic nitrogens is 1. The van der Waals surface area contributed by atoms with Gasteiger partial charge in [0.25, 0.3) is 5.91 Å². The van der Waals surface area contributed by atoms with Gasteiger partial charge in [-0.3, -0.25) is 4.79 Å². The van der Waals surface area contributed by atoms with Gasteiger partial charge in [0.15, 0.2) is 0 Å². The monoisotopic (exact) mass is 448 g/mol. The molecule has 0 aliphatic carbocycles. The number of phenols is 1. The SMILES string of the molecule is Cc1c(C(=O)NCc2ccc(-c3ccc(O)c(Br)c3)cc2)c2ccccc2n1C. The highest BCUT2D eigenvalue weighted by Gasteiger charge is 2.17. The predicted octanol–water partition coefficient (Wildman–Crippen LogP) is 5.55. The van der Waals surface area contributed by atoms with Crippen LogP contribution in [0.5, 0.6) is 5.75 Å². The molecule has 0 aliphatic heterocycles. The number of carbonyl (C=O) groups is 1. The number of nitrogens with one attached hydrogen (secondary N) is 1. The molecule has 0 saturated carbocycles. The van der Waals surface area contributed by atoms with E-state index in [2.05, 4.69) is 25.8 Å².